The summed E-state index contributed by atoms with van der Waals surface area (Å²) in [6, 6.07) is 11.6. The average Bonchev–Trinajstić information content (AvgIpc) is 3.09. The largest absolute Gasteiger partial charge is 0.507 e. The Morgan fingerprint density at radius 1 is 1.18 bits per heavy atom. The smallest absolute Gasteiger partial charge is 0.295 e. The van der Waals surface area contributed by atoms with Crippen LogP contribution >= 0.6 is 11.6 Å². The second kappa shape index (κ2) is 10.6. The van der Waals surface area contributed by atoms with Crippen molar-refractivity contribution >= 4 is 29.1 Å². The summed E-state index contributed by atoms with van der Waals surface area (Å²) in [5, 5.41) is 11.8. The van der Waals surface area contributed by atoms with Crippen LogP contribution in [0.3, 0.4) is 0 Å². The zero-order chi connectivity index (χ0) is 24.2. The molecule has 1 amide bonds. The zero-order valence-electron chi connectivity index (χ0n) is 19.5. The van der Waals surface area contributed by atoms with Crippen LogP contribution in [-0.2, 0) is 14.3 Å². The number of hydrogen-bond donors (Lipinski definition) is 2. The molecule has 2 fully saturated rings. The van der Waals surface area contributed by atoms with Crippen molar-refractivity contribution in [2.45, 2.75) is 19.4 Å². The first-order valence-electron chi connectivity index (χ1n) is 11.5. The monoisotopic (exact) mass is 485 g/mol. The standard InChI is InChI=1S/C26H29ClN2O5/c1-17-16-20(33-2)8-9-21(17)24(30)22-23(18-4-6-19(27)7-5-18)29(26(32)25(22)31)11-3-10-28-12-14-34-15-13-28/h4-9,16,23,30H,3,10-15H2,1-2H3/p+1. The predicted molar refractivity (Wildman–Crippen MR) is 129 cm³/mol. The molecule has 2 heterocycles. The van der Waals surface area contributed by atoms with E-state index in [2.05, 4.69) is 0 Å². The zero-order valence-corrected chi connectivity index (χ0v) is 20.2. The van der Waals surface area contributed by atoms with E-state index in [-0.39, 0.29) is 11.3 Å². The Kier molecular flexibility index (Phi) is 7.56. The molecule has 0 aliphatic carbocycles. The molecule has 0 spiro atoms. The number of carbonyl (C=O) groups is 2. The normalized spacial score (nSPS) is 20.7. The number of ketones is 1. The molecular formula is C26H30ClN2O5+. The maximum Gasteiger partial charge on any atom is 0.295 e. The summed E-state index contributed by atoms with van der Waals surface area (Å²) in [5.41, 5.74) is 2.07. The van der Waals surface area contributed by atoms with Gasteiger partial charge in [0.15, 0.2) is 0 Å². The van der Waals surface area contributed by atoms with E-state index in [1.54, 1.807) is 54.5 Å². The van der Waals surface area contributed by atoms with Crippen LogP contribution in [0, 0.1) is 6.92 Å². The lowest BCUT2D eigenvalue weighted by Gasteiger charge is -2.27. The number of nitrogens with zero attached hydrogens (tertiary/aromatic N) is 1. The summed E-state index contributed by atoms with van der Waals surface area (Å²) in [7, 11) is 1.57. The number of Topliss-reactive ketones (excluding diaryl/α,β-unsaturated/α-hetero) is 1. The maximum absolute atomic E-state index is 13.2. The first-order chi connectivity index (χ1) is 16.4. The van der Waals surface area contributed by atoms with Crippen molar-refractivity contribution in [2.24, 2.45) is 0 Å². The van der Waals surface area contributed by atoms with Gasteiger partial charge in [-0.15, -0.1) is 0 Å². The highest BCUT2D eigenvalue weighted by Gasteiger charge is 2.46. The molecule has 180 valence electrons. The van der Waals surface area contributed by atoms with Gasteiger partial charge in [-0.1, -0.05) is 23.7 Å². The third-order valence-corrected chi connectivity index (χ3v) is 6.80. The van der Waals surface area contributed by atoms with Gasteiger partial charge >= 0.3 is 0 Å². The molecule has 1 unspecified atom stereocenters. The molecule has 2 saturated heterocycles. The average molecular weight is 486 g/mol. The fourth-order valence-corrected chi connectivity index (χ4v) is 4.81. The molecule has 2 aliphatic heterocycles. The number of aryl methyl sites for hydroxylation is 1. The minimum Gasteiger partial charge on any atom is -0.507 e. The number of amides is 1. The number of carbonyl (C=O) groups excluding carboxylic acids is 2. The Morgan fingerprint density at radius 2 is 1.88 bits per heavy atom. The predicted octanol–water partition coefficient (Wildman–Crippen LogP) is 2.38. The number of halogens is 1. The summed E-state index contributed by atoms with van der Waals surface area (Å²) in [5.74, 6) is -0.801. The number of aliphatic hydroxyl groups is 1. The van der Waals surface area contributed by atoms with Crippen LogP contribution < -0.4 is 9.64 Å². The van der Waals surface area contributed by atoms with Crippen LogP contribution in [0.25, 0.3) is 5.76 Å². The topological polar surface area (TPSA) is 80.5 Å². The lowest BCUT2D eigenvalue weighted by molar-refractivity contribution is -0.908. The van der Waals surface area contributed by atoms with Gasteiger partial charge in [0.25, 0.3) is 11.7 Å². The van der Waals surface area contributed by atoms with Gasteiger partial charge < -0.3 is 24.4 Å². The molecule has 1 atom stereocenters. The Balaban J connectivity index is 1.69. The minimum atomic E-state index is -0.682. The number of ether oxygens (including phenoxy) is 2. The molecule has 8 heteroatoms. The highest BCUT2D eigenvalue weighted by Crippen LogP contribution is 2.40. The third-order valence-electron chi connectivity index (χ3n) is 6.54. The Hall–Kier alpha value is -2.87. The van der Waals surface area contributed by atoms with Crippen molar-refractivity contribution in [3.05, 3.63) is 69.8 Å². The minimum absolute atomic E-state index is 0.0966. The summed E-state index contributed by atoms with van der Waals surface area (Å²) in [4.78, 5) is 29.3. The highest BCUT2D eigenvalue weighted by molar-refractivity contribution is 6.46. The van der Waals surface area contributed by atoms with Gasteiger partial charge in [0.2, 0.25) is 0 Å². The van der Waals surface area contributed by atoms with Crippen LogP contribution in [0.4, 0.5) is 0 Å². The van der Waals surface area contributed by atoms with Crippen LogP contribution in [0.2, 0.25) is 5.02 Å². The van der Waals surface area contributed by atoms with E-state index >= 15 is 0 Å². The first-order valence-corrected chi connectivity index (χ1v) is 11.9. The number of aliphatic hydroxyl groups excluding tert-OH is 1. The van der Waals surface area contributed by atoms with Gasteiger partial charge in [0.1, 0.15) is 24.6 Å². The van der Waals surface area contributed by atoms with Crippen LogP contribution in [0.5, 0.6) is 5.75 Å². The maximum atomic E-state index is 13.2. The van der Waals surface area contributed by atoms with E-state index in [1.807, 2.05) is 6.92 Å². The lowest BCUT2D eigenvalue weighted by Crippen LogP contribution is -3.14. The van der Waals surface area contributed by atoms with Gasteiger partial charge in [-0.2, -0.15) is 0 Å². The van der Waals surface area contributed by atoms with Gasteiger partial charge in [0, 0.05) is 23.6 Å². The molecular weight excluding hydrogens is 456 g/mol. The van der Waals surface area contributed by atoms with Crippen molar-refractivity contribution in [1.82, 2.24) is 4.90 Å². The number of rotatable bonds is 7. The van der Waals surface area contributed by atoms with Crippen molar-refractivity contribution in [3.63, 3.8) is 0 Å². The molecule has 0 radical (unpaired) electrons. The number of likely N-dealkylation sites (tertiary alicyclic amines) is 1. The van der Waals surface area contributed by atoms with E-state index in [0.717, 1.165) is 50.4 Å². The Morgan fingerprint density at radius 3 is 2.53 bits per heavy atom. The number of hydrogen-bond acceptors (Lipinski definition) is 5. The van der Waals surface area contributed by atoms with E-state index in [0.29, 0.717) is 22.9 Å². The molecule has 34 heavy (non-hydrogen) atoms. The number of quaternary nitrogens is 1. The molecule has 0 bridgehead atoms. The lowest BCUT2D eigenvalue weighted by atomic mass is 9.94. The van der Waals surface area contributed by atoms with E-state index < -0.39 is 17.7 Å². The van der Waals surface area contributed by atoms with E-state index in [1.165, 1.54) is 4.90 Å². The molecule has 2 aliphatic rings. The van der Waals surface area contributed by atoms with E-state index in [4.69, 9.17) is 21.1 Å². The molecule has 0 aromatic heterocycles. The molecule has 2 N–H and O–H groups in total. The SMILES string of the molecule is COc1ccc(C(O)=C2C(=O)C(=O)N(CCC[NH+]3CCOCC3)C2c2ccc(Cl)cc2)c(C)c1. The van der Waals surface area contributed by atoms with Crippen LogP contribution in [-0.4, -0.2) is 68.2 Å². The summed E-state index contributed by atoms with van der Waals surface area (Å²) in [6.07, 6.45) is 0.744. The highest BCUT2D eigenvalue weighted by atomic mass is 35.5. The third kappa shape index (κ3) is 4.97. The molecule has 0 saturated carbocycles. The molecule has 7 nitrogen and oxygen atoms in total. The summed E-state index contributed by atoms with van der Waals surface area (Å²) < 4.78 is 10.7. The second-order valence-corrected chi connectivity index (χ2v) is 9.13. The molecule has 2 aromatic rings. The van der Waals surface area contributed by atoms with Gasteiger partial charge in [-0.3, -0.25) is 9.59 Å². The van der Waals surface area contributed by atoms with Crippen LogP contribution in [0.15, 0.2) is 48.0 Å². The van der Waals surface area contributed by atoms with Gasteiger partial charge in [-0.25, -0.2) is 0 Å². The molecule has 2 aromatic carbocycles. The Bertz CT molecular complexity index is 1090. The summed E-state index contributed by atoms with van der Waals surface area (Å²) >= 11 is 6.09. The van der Waals surface area contributed by atoms with Gasteiger partial charge in [0.05, 0.1) is 38.5 Å². The Labute approximate surface area is 204 Å². The first kappa shape index (κ1) is 24.3. The van der Waals surface area contributed by atoms with Crippen molar-refractivity contribution in [3.8, 4) is 5.75 Å². The van der Waals surface area contributed by atoms with Crippen LogP contribution in [0.1, 0.15) is 29.2 Å². The van der Waals surface area contributed by atoms with Gasteiger partial charge in [-0.05, 0) is 48.4 Å². The van der Waals surface area contributed by atoms with Crippen molar-refractivity contribution in [2.75, 3.05) is 46.5 Å². The fourth-order valence-electron chi connectivity index (χ4n) is 4.69. The van der Waals surface area contributed by atoms with E-state index in [9.17, 15) is 14.7 Å². The quantitative estimate of drug-likeness (QED) is 0.357. The number of nitrogens with one attached hydrogen (secondary N) is 1. The fraction of sp³-hybridized carbons (Fsp3) is 0.385. The summed E-state index contributed by atoms with van der Waals surface area (Å²) in [6.45, 7) is 6.50. The van der Waals surface area contributed by atoms with Crippen molar-refractivity contribution < 1.29 is 29.1 Å². The number of benzene rings is 2. The van der Waals surface area contributed by atoms with Crippen molar-refractivity contribution in [1.29, 1.82) is 0 Å². The second-order valence-electron chi connectivity index (χ2n) is 8.69. The number of morpholine rings is 1. The number of methoxy groups -OCH3 is 1. The molecule has 4 rings (SSSR count).